The van der Waals surface area contributed by atoms with E-state index in [0.717, 1.165) is 12.1 Å². The van der Waals surface area contributed by atoms with Crippen LogP contribution in [0.2, 0.25) is 0 Å². The Morgan fingerprint density at radius 1 is 0.936 bits per heavy atom. The van der Waals surface area contributed by atoms with Gasteiger partial charge in [0.2, 0.25) is 5.88 Å². The molecule has 0 amide bonds. The number of rotatable bonds is 10. The number of benzene rings is 3. The molecule has 2 aromatic heterocycles. The van der Waals surface area contributed by atoms with E-state index in [4.69, 9.17) is 19.5 Å². The highest BCUT2D eigenvalue weighted by Gasteiger charge is 2.24. The fourth-order valence-corrected chi connectivity index (χ4v) is 4.90. The van der Waals surface area contributed by atoms with Gasteiger partial charge in [0.05, 0.1) is 46.1 Å². The number of ether oxygens (including phenoxy) is 3. The minimum Gasteiger partial charge on any atom is -0.473 e. The van der Waals surface area contributed by atoms with Crippen molar-refractivity contribution in [2.24, 2.45) is 0 Å². The summed E-state index contributed by atoms with van der Waals surface area (Å²) in [6, 6.07) is 15.5. The molecule has 47 heavy (non-hydrogen) atoms. The average molecular weight is 647 g/mol. The normalized spacial score (nSPS) is 11.5. The molecular weight excluding hydrogens is 616 g/mol. The highest BCUT2D eigenvalue weighted by molar-refractivity contribution is 5.94. The summed E-state index contributed by atoms with van der Waals surface area (Å²) < 4.78 is 78.8. The molecule has 0 saturated heterocycles. The standard InChI is InChI=1S/C35H30F4N4O4/c1-35(2,3)47-34(44)21-10-11-26-28(16-21)43(12-13-45-4)29(41-26)17-23-15-25(37)31(33(39)32(23)38)27-6-5-7-30(42-27)46-19-22-9-8-20(18-40)14-24(22)36/h5-11,14-16H,12-13,17,19H2,1-4H3. The van der Waals surface area contributed by atoms with E-state index in [1.165, 1.54) is 37.4 Å². The van der Waals surface area contributed by atoms with Crippen LogP contribution in [-0.4, -0.2) is 39.8 Å². The molecule has 0 aliphatic rings. The van der Waals surface area contributed by atoms with Crippen molar-refractivity contribution >= 4 is 17.0 Å². The maximum atomic E-state index is 15.6. The van der Waals surface area contributed by atoms with Gasteiger partial charge in [-0.2, -0.15) is 5.26 Å². The fraction of sp³-hybridized carbons (Fsp3) is 0.257. The highest BCUT2D eigenvalue weighted by Crippen LogP contribution is 2.31. The van der Waals surface area contributed by atoms with Gasteiger partial charge in [0.25, 0.3) is 0 Å². The molecule has 0 radical (unpaired) electrons. The van der Waals surface area contributed by atoms with E-state index in [2.05, 4.69) is 9.97 Å². The van der Waals surface area contributed by atoms with Gasteiger partial charge in [-0.25, -0.2) is 32.3 Å². The van der Waals surface area contributed by atoms with Crippen LogP contribution in [0.3, 0.4) is 0 Å². The Labute approximate surface area is 268 Å². The van der Waals surface area contributed by atoms with E-state index in [1.54, 1.807) is 43.5 Å². The summed E-state index contributed by atoms with van der Waals surface area (Å²) >= 11 is 0. The van der Waals surface area contributed by atoms with Crippen LogP contribution in [0.25, 0.3) is 22.3 Å². The third-order valence-electron chi connectivity index (χ3n) is 7.10. The number of nitrogens with zero attached hydrogens (tertiary/aromatic N) is 4. The largest absolute Gasteiger partial charge is 0.473 e. The smallest absolute Gasteiger partial charge is 0.338 e. The predicted octanol–water partition coefficient (Wildman–Crippen LogP) is 7.30. The molecule has 242 valence electrons. The van der Waals surface area contributed by atoms with E-state index >= 15 is 13.2 Å². The molecule has 0 atom stereocenters. The maximum Gasteiger partial charge on any atom is 0.338 e. The molecule has 0 aliphatic heterocycles. The van der Waals surface area contributed by atoms with Gasteiger partial charge in [-0.15, -0.1) is 0 Å². The number of pyridine rings is 1. The lowest BCUT2D eigenvalue weighted by atomic mass is 10.0. The Hall–Kier alpha value is -5.28. The van der Waals surface area contributed by atoms with Crippen LogP contribution < -0.4 is 4.74 Å². The zero-order chi connectivity index (χ0) is 33.9. The second kappa shape index (κ2) is 13.6. The molecule has 12 heteroatoms. The molecule has 2 heterocycles. The van der Waals surface area contributed by atoms with Gasteiger partial charge in [0.1, 0.15) is 29.7 Å². The number of hydrogen-bond acceptors (Lipinski definition) is 7. The van der Waals surface area contributed by atoms with Crippen molar-refractivity contribution in [2.75, 3.05) is 13.7 Å². The third-order valence-corrected chi connectivity index (χ3v) is 7.10. The lowest BCUT2D eigenvalue weighted by Crippen LogP contribution is -2.23. The lowest BCUT2D eigenvalue weighted by Gasteiger charge is -2.19. The van der Waals surface area contributed by atoms with Gasteiger partial charge in [-0.1, -0.05) is 12.1 Å². The minimum absolute atomic E-state index is 0.0767. The third kappa shape index (κ3) is 7.42. The fourth-order valence-electron chi connectivity index (χ4n) is 4.90. The number of aromatic nitrogens is 3. The second-order valence-corrected chi connectivity index (χ2v) is 11.6. The number of halogens is 4. The summed E-state index contributed by atoms with van der Waals surface area (Å²) in [7, 11) is 1.51. The molecule has 0 fully saturated rings. The van der Waals surface area contributed by atoms with Crippen molar-refractivity contribution < 1.29 is 36.6 Å². The van der Waals surface area contributed by atoms with Crippen molar-refractivity contribution in [3.63, 3.8) is 0 Å². The van der Waals surface area contributed by atoms with Crippen molar-refractivity contribution in [3.05, 3.63) is 112 Å². The molecule has 0 bridgehead atoms. The highest BCUT2D eigenvalue weighted by atomic mass is 19.2. The van der Waals surface area contributed by atoms with E-state index in [0.29, 0.717) is 16.9 Å². The van der Waals surface area contributed by atoms with Crippen LogP contribution >= 0.6 is 0 Å². The summed E-state index contributed by atoms with van der Waals surface area (Å²) in [5.41, 5.74) is -0.325. The molecular formula is C35H30F4N4O4. The summed E-state index contributed by atoms with van der Waals surface area (Å²) in [5, 5.41) is 8.91. The predicted molar refractivity (Wildman–Crippen MR) is 165 cm³/mol. The summed E-state index contributed by atoms with van der Waals surface area (Å²) in [6.07, 6.45) is -0.271. The van der Waals surface area contributed by atoms with Crippen LogP contribution in [0.5, 0.6) is 5.88 Å². The number of esters is 1. The van der Waals surface area contributed by atoms with Crippen molar-refractivity contribution in [1.82, 2.24) is 14.5 Å². The minimum atomic E-state index is -1.45. The Bertz CT molecular complexity index is 2010. The van der Waals surface area contributed by atoms with E-state index in [1.807, 2.05) is 6.07 Å². The topological polar surface area (TPSA) is 99.3 Å². The number of carbonyl (C=O) groups excluding carboxylic acids is 1. The van der Waals surface area contributed by atoms with Gasteiger partial charge in [0.15, 0.2) is 11.6 Å². The van der Waals surface area contributed by atoms with Crippen molar-refractivity contribution in [1.29, 1.82) is 5.26 Å². The first-order chi connectivity index (χ1) is 22.4. The molecule has 5 rings (SSSR count). The average Bonchev–Trinajstić information content (AvgIpc) is 3.37. The van der Waals surface area contributed by atoms with Crippen LogP contribution in [0.4, 0.5) is 17.6 Å². The van der Waals surface area contributed by atoms with Crippen LogP contribution in [0.1, 0.15) is 53.6 Å². The number of methoxy groups -OCH3 is 1. The molecule has 5 aromatic rings. The van der Waals surface area contributed by atoms with E-state index in [9.17, 15) is 9.18 Å². The van der Waals surface area contributed by atoms with Crippen LogP contribution in [0, 0.1) is 34.6 Å². The zero-order valence-electron chi connectivity index (χ0n) is 26.0. The Kier molecular flexibility index (Phi) is 9.58. The summed E-state index contributed by atoms with van der Waals surface area (Å²) in [6.45, 7) is 5.52. The van der Waals surface area contributed by atoms with Crippen molar-refractivity contribution in [2.45, 2.75) is 45.9 Å². The van der Waals surface area contributed by atoms with E-state index in [-0.39, 0.29) is 60.0 Å². The molecule has 0 N–H and O–H groups in total. The molecule has 0 unspecified atom stereocenters. The second-order valence-electron chi connectivity index (χ2n) is 11.6. The number of fused-ring (bicyclic) bond motifs is 1. The lowest BCUT2D eigenvalue weighted by molar-refractivity contribution is 0.00696. The molecule has 0 saturated carbocycles. The SMILES string of the molecule is COCCn1c(Cc2cc(F)c(-c3cccc(OCc4ccc(C#N)cc4F)n3)c(F)c2F)nc2ccc(C(=O)OC(C)(C)C)cc21. The zero-order valence-corrected chi connectivity index (χ0v) is 26.0. The summed E-state index contributed by atoms with van der Waals surface area (Å²) in [4.78, 5) is 21.4. The number of nitriles is 1. The first kappa shape index (κ1) is 33.1. The van der Waals surface area contributed by atoms with Gasteiger partial charge >= 0.3 is 5.97 Å². The van der Waals surface area contributed by atoms with Gasteiger partial charge in [-0.3, -0.25) is 0 Å². The number of hydrogen-bond donors (Lipinski definition) is 0. The van der Waals surface area contributed by atoms with Crippen LogP contribution in [-0.2, 0) is 29.0 Å². The first-order valence-corrected chi connectivity index (χ1v) is 14.5. The van der Waals surface area contributed by atoms with Gasteiger partial charge < -0.3 is 18.8 Å². The van der Waals surface area contributed by atoms with Crippen LogP contribution in [0.15, 0.2) is 60.7 Å². The van der Waals surface area contributed by atoms with Crippen molar-refractivity contribution in [3.8, 4) is 23.2 Å². The maximum absolute atomic E-state index is 15.6. The molecule has 8 nitrogen and oxygen atoms in total. The number of carbonyl (C=O) groups is 1. The van der Waals surface area contributed by atoms with Gasteiger partial charge in [-0.05, 0) is 63.2 Å². The molecule has 0 aliphatic carbocycles. The van der Waals surface area contributed by atoms with Gasteiger partial charge in [0, 0.05) is 37.3 Å². The van der Waals surface area contributed by atoms with E-state index < -0.39 is 40.4 Å². The first-order valence-electron chi connectivity index (χ1n) is 14.5. The quantitative estimate of drug-likeness (QED) is 0.0892. The summed E-state index contributed by atoms with van der Waals surface area (Å²) in [5.74, 6) is -4.76. The Balaban J connectivity index is 1.44. The molecule has 3 aromatic carbocycles. The Morgan fingerprint density at radius 3 is 2.43 bits per heavy atom. The Morgan fingerprint density at radius 2 is 1.72 bits per heavy atom. The monoisotopic (exact) mass is 646 g/mol. The molecule has 0 spiro atoms. The number of imidazole rings is 1.